The Morgan fingerprint density at radius 1 is 1.30 bits per heavy atom. The topological polar surface area (TPSA) is 52.5 Å². The van der Waals surface area contributed by atoms with E-state index in [9.17, 15) is 0 Å². The van der Waals surface area contributed by atoms with Gasteiger partial charge in [-0.3, -0.25) is 4.90 Å². The molecular weight excluding hydrogens is 272 g/mol. The van der Waals surface area contributed by atoms with Crippen molar-refractivity contribution in [1.29, 1.82) is 0 Å². The third-order valence-electron chi connectivity index (χ3n) is 4.05. The van der Waals surface area contributed by atoms with Gasteiger partial charge >= 0.3 is 0 Å². The number of benzene rings is 1. The van der Waals surface area contributed by atoms with Gasteiger partial charge in [-0.05, 0) is 31.2 Å². The van der Waals surface area contributed by atoms with Crippen LogP contribution in [0.25, 0.3) is 11.0 Å². The molecule has 0 saturated carbocycles. The summed E-state index contributed by atoms with van der Waals surface area (Å²) in [4.78, 5) is 4.81. The Morgan fingerprint density at radius 2 is 2.15 bits per heavy atom. The standard InChI is InChI=1S/C14H20N4OS/c1-17-5-6-18(10-12(17)4-7-19)9-11-2-3-13-14(8-11)16-20-15-13/h2-3,8,12,19H,4-7,9-10H2,1H3. The van der Waals surface area contributed by atoms with Crippen molar-refractivity contribution in [2.24, 2.45) is 0 Å². The lowest BCUT2D eigenvalue weighted by atomic mass is 10.1. The van der Waals surface area contributed by atoms with E-state index in [0.29, 0.717) is 6.04 Å². The van der Waals surface area contributed by atoms with E-state index < -0.39 is 0 Å². The molecule has 1 aliphatic heterocycles. The molecule has 1 aliphatic rings. The van der Waals surface area contributed by atoms with E-state index in [-0.39, 0.29) is 6.61 Å². The molecule has 1 fully saturated rings. The van der Waals surface area contributed by atoms with Crippen molar-refractivity contribution in [1.82, 2.24) is 18.5 Å². The zero-order valence-electron chi connectivity index (χ0n) is 11.7. The monoisotopic (exact) mass is 292 g/mol. The van der Waals surface area contributed by atoms with Gasteiger partial charge in [0.1, 0.15) is 11.0 Å². The SMILES string of the molecule is CN1CCN(Cc2ccc3nsnc3c2)CC1CCO. The summed E-state index contributed by atoms with van der Waals surface area (Å²) in [5.41, 5.74) is 3.27. The maximum Gasteiger partial charge on any atom is 0.105 e. The predicted molar refractivity (Wildman–Crippen MR) is 80.8 cm³/mol. The predicted octanol–water partition coefficient (Wildman–Crippen LogP) is 1.19. The first-order valence-corrected chi connectivity index (χ1v) is 7.74. The van der Waals surface area contributed by atoms with E-state index in [0.717, 1.165) is 43.6 Å². The maximum absolute atomic E-state index is 9.15. The van der Waals surface area contributed by atoms with E-state index in [2.05, 4.69) is 43.8 Å². The molecule has 0 aliphatic carbocycles. The number of aliphatic hydroxyl groups excluding tert-OH is 1. The number of piperazine rings is 1. The second kappa shape index (κ2) is 6.13. The van der Waals surface area contributed by atoms with Gasteiger partial charge in [0, 0.05) is 38.8 Å². The second-order valence-corrected chi connectivity index (χ2v) is 6.00. The fourth-order valence-electron chi connectivity index (χ4n) is 2.80. The second-order valence-electron chi connectivity index (χ2n) is 5.47. The molecule has 0 bridgehead atoms. The van der Waals surface area contributed by atoms with Crippen LogP contribution < -0.4 is 0 Å². The van der Waals surface area contributed by atoms with Crippen molar-refractivity contribution in [3.63, 3.8) is 0 Å². The lowest BCUT2D eigenvalue weighted by Gasteiger charge is -2.39. The minimum Gasteiger partial charge on any atom is -0.396 e. The number of aliphatic hydroxyl groups is 1. The molecule has 0 amide bonds. The Morgan fingerprint density at radius 3 is 3.00 bits per heavy atom. The normalized spacial score (nSPS) is 21.6. The van der Waals surface area contributed by atoms with Gasteiger partial charge in [0.05, 0.1) is 11.7 Å². The lowest BCUT2D eigenvalue weighted by molar-refractivity contribution is 0.0743. The molecule has 2 aromatic rings. The number of rotatable bonds is 4. The van der Waals surface area contributed by atoms with Crippen molar-refractivity contribution in [3.05, 3.63) is 23.8 Å². The molecule has 20 heavy (non-hydrogen) atoms. The van der Waals surface area contributed by atoms with Crippen molar-refractivity contribution in [3.8, 4) is 0 Å². The highest BCUT2D eigenvalue weighted by atomic mass is 32.1. The average Bonchev–Trinajstić information content (AvgIpc) is 2.90. The molecule has 1 aromatic carbocycles. The van der Waals surface area contributed by atoms with Crippen LogP contribution in [0.2, 0.25) is 0 Å². The first-order chi connectivity index (χ1) is 9.76. The summed E-state index contributed by atoms with van der Waals surface area (Å²) >= 11 is 1.27. The minimum absolute atomic E-state index is 0.263. The van der Waals surface area contributed by atoms with Crippen LogP contribution in [-0.4, -0.2) is 63.0 Å². The van der Waals surface area contributed by atoms with Crippen LogP contribution in [0.15, 0.2) is 18.2 Å². The van der Waals surface area contributed by atoms with Crippen molar-refractivity contribution in [2.75, 3.05) is 33.3 Å². The van der Waals surface area contributed by atoms with Gasteiger partial charge in [-0.25, -0.2) is 0 Å². The molecule has 1 aromatic heterocycles. The molecule has 2 heterocycles. The van der Waals surface area contributed by atoms with Gasteiger partial charge in [0.25, 0.3) is 0 Å². The highest BCUT2D eigenvalue weighted by molar-refractivity contribution is 7.00. The van der Waals surface area contributed by atoms with Crippen LogP contribution >= 0.6 is 11.7 Å². The maximum atomic E-state index is 9.15. The van der Waals surface area contributed by atoms with Crippen LogP contribution in [0, 0.1) is 0 Å². The summed E-state index contributed by atoms with van der Waals surface area (Å²) in [6, 6.07) is 6.79. The highest BCUT2D eigenvalue weighted by Crippen LogP contribution is 2.17. The average molecular weight is 292 g/mol. The van der Waals surface area contributed by atoms with E-state index in [1.165, 1.54) is 17.3 Å². The number of fused-ring (bicyclic) bond motifs is 1. The van der Waals surface area contributed by atoms with E-state index in [1.54, 1.807) is 0 Å². The van der Waals surface area contributed by atoms with Crippen LogP contribution in [0.3, 0.4) is 0 Å². The first-order valence-electron chi connectivity index (χ1n) is 7.01. The lowest BCUT2D eigenvalue weighted by Crippen LogP contribution is -2.51. The summed E-state index contributed by atoms with van der Waals surface area (Å²) in [7, 11) is 2.14. The van der Waals surface area contributed by atoms with Gasteiger partial charge in [0.15, 0.2) is 0 Å². The van der Waals surface area contributed by atoms with Crippen LogP contribution in [0.5, 0.6) is 0 Å². The molecule has 3 rings (SSSR count). The van der Waals surface area contributed by atoms with Crippen molar-refractivity contribution < 1.29 is 5.11 Å². The Kier molecular flexibility index (Phi) is 4.26. The molecule has 5 nitrogen and oxygen atoms in total. The van der Waals surface area contributed by atoms with E-state index >= 15 is 0 Å². The van der Waals surface area contributed by atoms with Gasteiger partial charge < -0.3 is 10.0 Å². The molecular formula is C14H20N4OS. The summed E-state index contributed by atoms with van der Waals surface area (Å²) in [5, 5.41) is 9.15. The van der Waals surface area contributed by atoms with Crippen LogP contribution in [0.1, 0.15) is 12.0 Å². The quantitative estimate of drug-likeness (QED) is 0.917. The van der Waals surface area contributed by atoms with Crippen LogP contribution in [0.4, 0.5) is 0 Å². The Balaban J connectivity index is 1.67. The van der Waals surface area contributed by atoms with Crippen molar-refractivity contribution in [2.45, 2.75) is 19.0 Å². The summed E-state index contributed by atoms with van der Waals surface area (Å²) in [5.74, 6) is 0. The molecule has 1 atom stereocenters. The molecule has 1 saturated heterocycles. The van der Waals surface area contributed by atoms with Gasteiger partial charge in [-0.2, -0.15) is 8.75 Å². The molecule has 1 unspecified atom stereocenters. The van der Waals surface area contributed by atoms with Gasteiger partial charge in [-0.15, -0.1) is 0 Å². The Hall–Kier alpha value is -1.08. The third kappa shape index (κ3) is 2.98. The smallest absolute Gasteiger partial charge is 0.105 e. The van der Waals surface area contributed by atoms with Gasteiger partial charge in [-0.1, -0.05) is 6.07 Å². The van der Waals surface area contributed by atoms with Crippen LogP contribution in [-0.2, 0) is 6.54 Å². The van der Waals surface area contributed by atoms with Crippen molar-refractivity contribution >= 4 is 22.8 Å². The number of likely N-dealkylation sites (N-methyl/N-ethyl adjacent to an activating group) is 1. The molecule has 108 valence electrons. The Bertz CT molecular complexity index is 573. The summed E-state index contributed by atoms with van der Waals surface area (Å²) in [6.45, 7) is 4.36. The minimum atomic E-state index is 0.263. The first kappa shape index (κ1) is 13.9. The summed E-state index contributed by atoms with van der Waals surface area (Å²) < 4.78 is 8.54. The third-order valence-corrected chi connectivity index (χ3v) is 4.60. The zero-order valence-corrected chi connectivity index (χ0v) is 12.5. The molecule has 0 spiro atoms. The number of hydrogen-bond acceptors (Lipinski definition) is 6. The molecule has 0 radical (unpaired) electrons. The number of aromatic nitrogens is 2. The van der Waals surface area contributed by atoms with Gasteiger partial charge in [0.2, 0.25) is 0 Å². The van der Waals surface area contributed by atoms with E-state index in [4.69, 9.17) is 5.11 Å². The summed E-state index contributed by atoms with van der Waals surface area (Å²) in [6.07, 6.45) is 0.849. The number of hydrogen-bond donors (Lipinski definition) is 1. The zero-order chi connectivity index (χ0) is 13.9. The Labute approximate surface area is 123 Å². The molecule has 6 heteroatoms. The molecule has 1 N–H and O–H groups in total. The number of nitrogens with zero attached hydrogens (tertiary/aromatic N) is 4. The highest BCUT2D eigenvalue weighted by Gasteiger charge is 2.23. The largest absolute Gasteiger partial charge is 0.396 e. The fraction of sp³-hybridized carbons (Fsp3) is 0.571. The fourth-order valence-corrected chi connectivity index (χ4v) is 3.32. The van der Waals surface area contributed by atoms with E-state index in [1.807, 2.05) is 0 Å².